The third kappa shape index (κ3) is 3.72. The summed E-state index contributed by atoms with van der Waals surface area (Å²) in [4.78, 5) is 20.1. The molecule has 0 saturated carbocycles. The molecule has 1 amide bonds. The molecule has 1 aromatic rings. The molecule has 164 valence electrons. The molecule has 1 unspecified atom stereocenters. The van der Waals surface area contributed by atoms with Crippen molar-refractivity contribution in [3.63, 3.8) is 0 Å². The number of likely N-dealkylation sites (tertiary alicyclic amines) is 2. The second kappa shape index (κ2) is 8.24. The van der Waals surface area contributed by atoms with Crippen LogP contribution >= 0.6 is 0 Å². The van der Waals surface area contributed by atoms with E-state index in [0.717, 1.165) is 89.7 Å². The fraction of sp³-hybridized carbons (Fsp3) is 0.682. The highest BCUT2D eigenvalue weighted by atomic mass is 16.7. The van der Waals surface area contributed by atoms with Crippen LogP contribution in [-0.2, 0) is 16.1 Å². The Morgan fingerprint density at radius 1 is 1.03 bits per heavy atom. The van der Waals surface area contributed by atoms with Crippen LogP contribution in [0.2, 0.25) is 0 Å². The van der Waals surface area contributed by atoms with Crippen LogP contribution in [0.5, 0.6) is 17.2 Å². The Labute approximate surface area is 177 Å². The lowest BCUT2D eigenvalue weighted by molar-refractivity contribution is -0.135. The van der Waals surface area contributed by atoms with Gasteiger partial charge in [0.05, 0.1) is 25.7 Å². The number of carbonyl (C=O) groups excluding carboxylic acids is 1. The van der Waals surface area contributed by atoms with Crippen molar-refractivity contribution >= 4 is 5.91 Å². The minimum absolute atomic E-state index is 0.203. The van der Waals surface area contributed by atoms with E-state index < -0.39 is 0 Å². The molecule has 3 fully saturated rings. The number of hydrogen-bond donors (Lipinski definition) is 0. The van der Waals surface area contributed by atoms with Crippen LogP contribution in [0.4, 0.5) is 0 Å². The average molecular weight is 418 g/mol. The zero-order valence-electron chi connectivity index (χ0n) is 17.7. The Morgan fingerprint density at radius 2 is 1.87 bits per heavy atom. The first-order valence-corrected chi connectivity index (χ1v) is 11.0. The number of carbonyl (C=O) groups is 1. The largest absolute Gasteiger partial charge is 0.493 e. The summed E-state index contributed by atoms with van der Waals surface area (Å²) in [7, 11) is 1.65. The topological polar surface area (TPSA) is 63.7 Å². The summed E-state index contributed by atoms with van der Waals surface area (Å²) in [5.41, 5.74) is 0.925. The van der Waals surface area contributed by atoms with E-state index in [9.17, 15) is 4.79 Å². The summed E-state index contributed by atoms with van der Waals surface area (Å²) >= 11 is 0. The molecule has 30 heavy (non-hydrogen) atoms. The molecular weight excluding hydrogens is 386 g/mol. The Morgan fingerprint density at radius 3 is 2.70 bits per heavy atom. The maximum atomic E-state index is 13.3. The van der Waals surface area contributed by atoms with Gasteiger partial charge in [-0.15, -0.1) is 0 Å². The molecule has 8 heteroatoms. The van der Waals surface area contributed by atoms with Crippen molar-refractivity contribution < 1.29 is 23.7 Å². The number of ether oxygens (including phenoxy) is 4. The molecule has 4 aliphatic heterocycles. The highest BCUT2D eigenvalue weighted by Crippen LogP contribution is 2.44. The number of morpholine rings is 1. The van der Waals surface area contributed by atoms with Gasteiger partial charge in [0.25, 0.3) is 0 Å². The van der Waals surface area contributed by atoms with Gasteiger partial charge >= 0.3 is 0 Å². The van der Waals surface area contributed by atoms with Gasteiger partial charge in [0.15, 0.2) is 11.5 Å². The van der Waals surface area contributed by atoms with Gasteiger partial charge in [-0.25, -0.2) is 0 Å². The molecular formula is C22H31N3O5. The number of nitrogens with zero attached hydrogens (tertiary/aromatic N) is 3. The van der Waals surface area contributed by atoms with Crippen molar-refractivity contribution in [1.29, 1.82) is 0 Å². The summed E-state index contributed by atoms with van der Waals surface area (Å²) in [6.07, 6.45) is 1.91. The van der Waals surface area contributed by atoms with Crippen LogP contribution in [0, 0.1) is 5.41 Å². The molecule has 4 aliphatic rings. The van der Waals surface area contributed by atoms with Crippen LogP contribution < -0.4 is 14.2 Å². The molecule has 5 rings (SSSR count). The highest BCUT2D eigenvalue weighted by molar-refractivity contribution is 5.85. The first-order valence-electron chi connectivity index (χ1n) is 11.0. The smallest absolute Gasteiger partial charge is 0.231 e. The van der Waals surface area contributed by atoms with Gasteiger partial charge in [-0.2, -0.15) is 0 Å². The molecule has 8 nitrogen and oxygen atoms in total. The van der Waals surface area contributed by atoms with E-state index in [4.69, 9.17) is 18.9 Å². The van der Waals surface area contributed by atoms with Crippen molar-refractivity contribution in [2.75, 3.05) is 72.9 Å². The van der Waals surface area contributed by atoms with Gasteiger partial charge in [0.1, 0.15) is 0 Å². The van der Waals surface area contributed by atoms with Crippen LogP contribution in [0.15, 0.2) is 12.1 Å². The molecule has 0 N–H and O–H groups in total. The van der Waals surface area contributed by atoms with Gasteiger partial charge in [0.2, 0.25) is 18.4 Å². The molecule has 1 aromatic carbocycles. The number of methoxy groups -OCH3 is 1. The summed E-state index contributed by atoms with van der Waals surface area (Å²) in [5, 5.41) is 0. The third-order valence-corrected chi connectivity index (χ3v) is 6.95. The Bertz CT molecular complexity index is 797. The van der Waals surface area contributed by atoms with Gasteiger partial charge in [-0.05, 0) is 37.1 Å². The van der Waals surface area contributed by atoms with E-state index in [2.05, 4.69) is 14.7 Å². The summed E-state index contributed by atoms with van der Waals surface area (Å²) in [5.74, 6) is 2.48. The number of benzene rings is 1. The first-order chi connectivity index (χ1) is 14.7. The molecule has 0 aromatic heterocycles. The van der Waals surface area contributed by atoms with Crippen molar-refractivity contribution in [2.24, 2.45) is 5.41 Å². The lowest BCUT2D eigenvalue weighted by atomic mass is 9.85. The van der Waals surface area contributed by atoms with Gasteiger partial charge in [0, 0.05) is 45.8 Å². The minimum atomic E-state index is -0.203. The summed E-state index contributed by atoms with van der Waals surface area (Å²) < 4.78 is 21.9. The SMILES string of the molecule is COc1cc(CN2CCC3(CCN(CCN4CCOCC4)C3=O)C2)cc2c1OCO2. The fourth-order valence-electron chi connectivity index (χ4n) is 5.20. The van der Waals surface area contributed by atoms with Gasteiger partial charge < -0.3 is 23.8 Å². The van der Waals surface area contributed by atoms with E-state index in [0.29, 0.717) is 17.4 Å². The molecule has 0 bridgehead atoms. The zero-order chi connectivity index (χ0) is 20.6. The standard InChI is InChI=1S/C22H31N3O5/c1-27-18-12-17(13-19-20(18)30-16-29-19)14-24-4-2-22(15-24)3-5-25(21(22)26)7-6-23-8-10-28-11-9-23/h12-13H,2-11,14-16H2,1H3. The molecule has 3 saturated heterocycles. The third-order valence-electron chi connectivity index (χ3n) is 6.95. The maximum Gasteiger partial charge on any atom is 0.231 e. The van der Waals surface area contributed by atoms with E-state index >= 15 is 0 Å². The molecule has 1 spiro atoms. The lowest BCUT2D eigenvalue weighted by Crippen LogP contribution is -2.43. The predicted octanol–water partition coefficient (Wildman–Crippen LogP) is 1.18. The number of hydrogen-bond acceptors (Lipinski definition) is 7. The Kier molecular flexibility index (Phi) is 5.47. The van der Waals surface area contributed by atoms with Crippen LogP contribution in [0.3, 0.4) is 0 Å². The lowest BCUT2D eigenvalue weighted by Gasteiger charge is -2.29. The van der Waals surface area contributed by atoms with Crippen LogP contribution in [-0.4, -0.2) is 93.5 Å². The number of amides is 1. The Hall–Kier alpha value is -2.03. The van der Waals surface area contributed by atoms with E-state index in [-0.39, 0.29) is 12.2 Å². The fourth-order valence-corrected chi connectivity index (χ4v) is 5.20. The van der Waals surface area contributed by atoms with Crippen molar-refractivity contribution in [3.05, 3.63) is 17.7 Å². The average Bonchev–Trinajstić information content (AvgIpc) is 3.48. The van der Waals surface area contributed by atoms with E-state index in [1.165, 1.54) is 0 Å². The van der Waals surface area contributed by atoms with Crippen LogP contribution in [0.1, 0.15) is 18.4 Å². The quantitative estimate of drug-likeness (QED) is 0.689. The summed E-state index contributed by atoms with van der Waals surface area (Å²) in [6.45, 7) is 9.01. The monoisotopic (exact) mass is 417 g/mol. The molecule has 0 aliphatic carbocycles. The number of fused-ring (bicyclic) bond motifs is 1. The minimum Gasteiger partial charge on any atom is -0.493 e. The first kappa shape index (κ1) is 19.9. The molecule has 1 atom stereocenters. The summed E-state index contributed by atoms with van der Waals surface area (Å²) in [6, 6.07) is 4.05. The van der Waals surface area contributed by atoms with Crippen molar-refractivity contribution in [1.82, 2.24) is 14.7 Å². The number of rotatable bonds is 6. The van der Waals surface area contributed by atoms with Gasteiger partial charge in [-0.3, -0.25) is 14.6 Å². The highest BCUT2D eigenvalue weighted by Gasteiger charge is 2.50. The van der Waals surface area contributed by atoms with Crippen molar-refractivity contribution in [3.8, 4) is 17.2 Å². The van der Waals surface area contributed by atoms with Gasteiger partial charge in [-0.1, -0.05) is 0 Å². The second-order valence-electron chi connectivity index (χ2n) is 8.77. The predicted molar refractivity (Wildman–Crippen MR) is 110 cm³/mol. The van der Waals surface area contributed by atoms with E-state index in [1.807, 2.05) is 12.1 Å². The second-order valence-corrected chi connectivity index (χ2v) is 8.77. The maximum absolute atomic E-state index is 13.3. The molecule has 4 heterocycles. The van der Waals surface area contributed by atoms with Crippen LogP contribution in [0.25, 0.3) is 0 Å². The van der Waals surface area contributed by atoms with E-state index in [1.54, 1.807) is 7.11 Å². The Balaban J connectivity index is 1.19. The zero-order valence-corrected chi connectivity index (χ0v) is 17.7. The molecule has 0 radical (unpaired) electrons. The normalized spacial score (nSPS) is 26.8. The van der Waals surface area contributed by atoms with Crippen molar-refractivity contribution in [2.45, 2.75) is 19.4 Å².